The van der Waals surface area contributed by atoms with Gasteiger partial charge in [-0.2, -0.15) is 4.68 Å². The average molecular weight is 369 g/mol. The van der Waals surface area contributed by atoms with E-state index in [9.17, 15) is 4.79 Å². The highest BCUT2D eigenvalue weighted by Gasteiger charge is 2.13. The van der Waals surface area contributed by atoms with Gasteiger partial charge in [-0.3, -0.25) is 4.79 Å². The standard InChI is InChI=1S/C18H19N5O2S/c1-13-7-9-14(10-8-13)19-17(24)11-12-26-18-20-21-22-23(18)15-5-3-4-6-16(15)25-2/h3-10H,11-12H2,1-2H3,(H,19,24). The minimum absolute atomic E-state index is 0.0438. The summed E-state index contributed by atoms with van der Waals surface area (Å²) in [6.07, 6.45) is 0.358. The number of hydrogen-bond acceptors (Lipinski definition) is 6. The van der Waals surface area contributed by atoms with Crippen LogP contribution in [0.4, 0.5) is 5.69 Å². The zero-order valence-electron chi connectivity index (χ0n) is 14.5. The van der Waals surface area contributed by atoms with Crippen molar-refractivity contribution in [3.63, 3.8) is 0 Å². The van der Waals surface area contributed by atoms with Crippen molar-refractivity contribution in [3.8, 4) is 11.4 Å². The zero-order chi connectivity index (χ0) is 18.4. The number of nitrogens with one attached hydrogen (secondary N) is 1. The number of methoxy groups -OCH3 is 1. The van der Waals surface area contributed by atoms with Crippen LogP contribution < -0.4 is 10.1 Å². The molecule has 2 aromatic carbocycles. The van der Waals surface area contributed by atoms with Gasteiger partial charge in [0.05, 0.1) is 7.11 Å². The van der Waals surface area contributed by atoms with Gasteiger partial charge >= 0.3 is 0 Å². The molecule has 0 aliphatic rings. The van der Waals surface area contributed by atoms with Crippen molar-refractivity contribution in [2.24, 2.45) is 0 Å². The molecule has 0 bridgehead atoms. The number of rotatable bonds is 7. The van der Waals surface area contributed by atoms with Crippen molar-refractivity contribution in [2.75, 3.05) is 18.2 Å². The minimum atomic E-state index is -0.0438. The molecule has 0 radical (unpaired) electrons. The molecule has 1 N–H and O–H groups in total. The number of hydrogen-bond donors (Lipinski definition) is 1. The predicted octanol–water partition coefficient (Wildman–Crippen LogP) is 3.10. The SMILES string of the molecule is COc1ccccc1-n1nnnc1SCCC(=O)Nc1ccc(C)cc1. The number of tetrazole rings is 1. The minimum Gasteiger partial charge on any atom is -0.494 e. The van der Waals surface area contributed by atoms with Crippen molar-refractivity contribution >= 4 is 23.4 Å². The number of benzene rings is 2. The third-order valence-corrected chi connectivity index (χ3v) is 4.57. The molecule has 0 unspecified atom stereocenters. The smallest absolute Gasteiger partial charge is 0.225 e. The molecule has 0 saturated heterocycles. The Kier molecular flexibility index (Phi) is 5.85. The number of carbonyl (C=O) groups excluding carboxylic acids is 1. The fourth-order valence-electron chi connectivity index (χ4n) is 2.32. The molecular formula is C18H19N5O2S. The lowest BCUT2D eigenvalue weighted by Gasteiger charge is -2.09. The van der Waals surface area contributed by atoms with Crippen molar-refractivity contribution in [2.45, 2.75) is 18.5 Å². The number of thioether (sulfide) groups is 1. The van der Waals surface area contributed by atoms with Crippen molar-refractivity contribution in [1.82, 2.24) is 20.2 Å². The first-order valence-corrected chi connectivity index (χ1v) is 9.07. The van der Waals surface area contributed by atoms with Gasteiger partial charge in [-0.25, -0.2) is 0 Å². The Bertz CT molecular complexity index is 879. The van der Waals surface area contributed by atoms with E-state index >= 15 is 0 Å². The number of para-hydroxylation sites is 2. The Balaban J connectivity index is 1.58. The second-order valence-electron chi connectivity index (χ2n) is 5.56. The Hall–Kier alpha value is -2.87. The Morgan fingerprint density at radius 1 is 1.19 bits per heavy atom. The van der Waals surface area contributed by atoms with E-state index < -0.39 is 0 Å². The van der Waals surface area contributed by atoms with E-state index in [4.69, 9.17) is 4.74 Å². The number of nitrogens with zero attached hydrogens (tertiary/aromatic N) is 4. The fraction of sp³-hybridized carbons (Fsp3) is 0.222. The van der Waals surface area contributed by atoms with E-state index in [1.54, 1.807) is 11.8 Å². The van der Waals surface area contributed by atoms with Crippen LogP contribution in [0.3, 0.4) is 0 Å². The Morgan fingerprint density at radius 2 is 1.96 bits per heavy atom. The summed E-state index contributed by atoms with van der Waals surface area (Å²) in [6.45, 7) is 2.01. The molecule has 8 heteroatoms. The number of amides is 1. The predicted molar refractivity (Wildman–Crippen MR) is 101 cm³/mol. The highest BCUT2D eigenvalue weighted by molar-refractivity contribution is 7.99. The first-order valence-electron chi connectivity index (χ1n) is 8.08. The van der Waals surface area contributed by atoms with Crippen LogP contribution in [0.2, 0.25) is 0 Å². The number of ether oxygens (including phenoxy) is 1. The molecule has 3 aromatic rings. The van der Waals surface area contributed by atoms with Crippen LogP contribution in [0.15, 0.2) is 53.7 Å². The second kappa shape index (κ2) is 8.48. The molecule has 1 heterocycles. The van der Waals surface area contributed by atoms with Gasteiger partial charge in [-0.1, -0.05) is 41.6 Å². The molecule has 3 rings (SSSR count). The van der Waals surface area contributed by atoms with Crippen LogP contribution in [0.25, 0.3) is 5.69 Å². The van der Waals surface area contributed by atoms with E-state index in [0.717, 1.165) is 16.9 Å². The van der Waals surface area contributed by atoms with E-state index in [-0.39, 0.29) is 5.91 Å². The summed E-state index contributed by atoms with van der Waals surface area (Å²) in [6, 6.07) is 15.2. The molecule has 0 fully saturated rings. The second-order valence-corrected chi connectivity index (χ2v) is 6.62. The molecular weight excluding hydrogens is 350 g/mol. The number of aryl methyl sites for hydroxylation is 1. The summed E-state index contributed by atoms with van der Waals surface area (Å²) in [5, 5.41) is 15.3. The summed E-state index contributed by atoms with van der Waals surface area (Å²) in [5.41, 5.74) is 2.71. The van der Waals surface area contributed by atoms with Crippen LogP contribution in [-0.4, -0.2) is 39.0 Å². The highest BCUT2D eigenvalue weighted by Crippen LogP contribution is 2.25. The molecule has 1 aromatic heterocycles. The van der Waals surface area contributed by atoms with Gasteiger partial charge in [-0.05, 0) is 41.6 Å². The first kappa shape index (κ1) is 17.9. The van der Waals surface area contributed by atoms with Gasteiger partial charge in [0.2, 0.25) is 11.1 Å². The fourth-order valence-corrected chi connectivity index (χ4v) is 3.14. The third kappa shape index (κ3) is 4.40. The Morgan fingerprint density at radius 3 is 2.73 bits per heavy atom. The summed E-state index contributed by atoms with van der Waals surface area (Å²) in [7, 11) is 1.60. The van der Waals surface area contributed by atoms with Crippen LogP contribution in [0.5, 0.6) is 5.75 Å². The molecule has 0 saturated carbocycles. The lowest BCUT2D eigenvalue weighted by Crippen LogP contribution is -2.12. The van der Waals surface area contributed by atoms with Crippen LogP contribution in [-0.2, 0) is 4.79 Å². The number of carbonyl (C=O) groups is 1. The highest BCUT2D eigenvalue weighted by atomic mass is 32.2. The van der Waals surface area contributed by atoms with Gasteiger partial charge in [0, 0.05) is 17.9 Å². The van der Waals surface area contributed by atoms with Gasteiger partial charge in [0.15, 0.2) is 0 Å². The number of aromatic nitrogens is 4. The van der Waals surface area contributed by atoms with Gasteiger partial charge in [0.25, 0.3) is 0 Å². The van der Waals surface area contributed by atoms with Crippen molar-refractivity contribution < 1.29 is 9.53 Å². The van der Waals surface area contributed by atoms with Crippen LogP contribution in [0, 0.1) is 6.92 Å². The largest absolute Gasteiger partial charge is 0.494 e. The van der Waals surface area contributed by atoms with E-state index in [0.29, 0.717) is 23.1 Å². The molecule has 7 nitrogen and oxygen atoms in total. The molecule has 26 heavy (non-hydrogen) atoms. The first-order chi connectivity index (χ1) is 12.7. The van der Waals surface area contributed by atoms with Crippen LogP contribution in [0.1, 0.15) is 12.0 Å². The molecule has 1 amide bonds. The monoisotopic (exact) mass is 369 g/mol. The quantitative estimate of drug-likeness (QED) is 0.645. The molecule has 0 aliphatic carbocycles. The molecule has 0 spiro atoms. The maximum absolute atomic E-state index is 12.1. The third-order valence-electron chi connectivity index (χ3n) is 3.65. The van der Waals surface area contributed by atoms with Gasteiger partial charge in [-0.15, -0.1) is 5.10 Å². The van der Waals surface area contributed by atoms with Crippen LogP contribution >= 0.6 is 11.8 Å². The summed E-state index contributed by atoms with van der Waals surface area (Å²) >= 11 is 1.42. The average Bonchev–Trinajstić information content (AvgIpc) is 3.12. The topological polar surface area (TPSA) is 81.9 Å². The number of anilines is 1. The zero-order valence-corrected chi connectivity index (χ0v) is 15.4. The normalized spacial score (nSPS) is 10.5. The lowest BCUT2D eigenvalue weighted by atomic mass is 10.2. The summed E-state index contributed by atoms with van der Waals surface area (Å²) in [5.74, 6) is 1.20. The van der Waals surface area contributed by atoms with Gasteiger partial charge < -0.3 is 10.1 Å². The van der Waals surface area contributed by atoms with Crippen molar-refractivity contribution in [3.05, 3.63) is 54.1 Å². The summed E-state index contributed by atoms with van der Waals surface area (Å²) in [4.78, 5) is 12.1. The lowest BCUT2D eigenvalue weighted by molar-refractivity contribution is -0.115. The maximum atomic E-state index is 12.1. The molecule has 0 atom stereocenters. The van der Waals surface area contributed by atoms with E-state index in [2.05, 4.69) is 20.8 Å². The Labute approximate surface area is 155 Å². The van der Waals surface area contributed by atoms with Crippen molar-refractivity contribution in [1.29, 1.82) is 0 Å². The summed E-state index contributed by atoms with van der Waals surface area (Å²) < 4.78 is 6.96. The molecule has 0 aliphatic heterocycles. The molecule has 134 valence electrons. The van der Waals surface area contributed by atoms with E-state index in [1.807, 2.05) is 55.5 Å². The van der Waals surface area contributed by atoms with Gasteiger partial charge in [0.1, 0.15) is 11.4 Å². The maximum Gasteiger partial charge on any atom is 0.225 e. The van der Waals surface area contributed by atoms with E-state index in [1.165, 1.54) is 11.8 Å².